The average molecular weight is 411 g/mol. The van der Waals surface area contributed by atoms with Gasteiger partial charge < -0.3 is 9.72 Å². The Kier molecular flexibility index (Phi) is 5.22. The van der Waals surface area contributed by atoms with Gasteiger partial charge in [-0.1, -0.05) is 0 Å². The first kappa shape index (κ1) is 19.0. The number of non-ortho nitro benzene ring substituents is 1. The van der Waals surface area contributed by atoms with Gasteiger partial charge in [-0.3, -0.25) is 14.9 Å². The highest BCUT2D eigenvalue weighted by Crippen LogP contribution is 2.33. The number of esters is 1. The van der Waals surface area contributed by atoms with Crippen molar-refractivity contribution in [1.29, 1.82) is 0 Å². The number of nitrogens with one attached hydrogen (secondary N) is 1. The second-order valence-electron chi connectivity index (χ2n) is 6.69. The van der Waals surface area contributed by atoms with Crippen LogP contribution in [0.3, 0.4) is 0 Å². The van der Waals surface area contributed by atoms with Gasteiger partial charge in [-0.05, 0) is 55.0 Å². The summed E-state index contributed by atoms with van der Waals surface area (Å²) in [5.74, 6) is -0.297. The van der Waals surface area contributed by atoms with E-state index in [-0.39, 0.29) is 17.9 Å². The van der Waals surface area contributed by atoms with Gasteiger partial charge in [0.2, 0.25) is 0 Å². The number of nitro benzene ring substituents is 1. The van der Waals surface area contributed by atoms with Crippen LogP contribution in [0.5, 0.6) is 0 Å². The molecule has 3 aromatic rings. The van der Waals surface area contributed by atoms with E-state index in [0.717, 1.165) is 31.2 Å². The second-order valence-corrected chi connectivity index (χ2v) is 7.78. The summed E-state index contributed by atoms with van der Waals surface area (Å²) in [6.45, 7) is -0.142. The summed E-state index contributed by atoms with van der Waals surface area (Å²) >= 11 is 1.54. The summed E-state index contributed by atoms with van der Waals surface area (Å²) in [6.07, 6.45) is 6.82. The SMILES string of the molecule is O=C(/C=C/c1ccc([N+](=O)[O-])cc1)OCc1nc2sc3c(c2c(=O)[nH]1)CCCC3. The van der Waals surface area contributed by atoms with Crippen LogP contribution in [0.1, 0.15) is 34.7 Å². The summed E-state index contributed by atoms with van der Waals surface area (Å²) in [4.78, 5) is 43.6. The number of hydrogen-bond donors (Lipinski definition) is 1. The number of aryl methyl sites for hydroxylation is 2. The molecule has 0 spiro atoms. The molecule has 0 saturated carbocycles. The van der Waals surface area contributed by atoms with Crippen LogP contribution in [0, 0.1) is 10.1 Å². The van der Waals surface area contributed by atoms with Crippen molar-refractivity contribution in [1.82, 2.24) is 9.97 Å². The maximum Gasteiger partial charge on any atom is 0.331 e. The molecular weight excluding hydrogens is 394 g/mol. The van der Waals surface area contributed by atoms with Gasteiger partial charge in [0, 0.05) is 23.1 Å². The number of nitro groups is 1. The molecule has 2 aromatic heterocycles. The van der Waals surface area contributed by atoms with Crippen molar-refractivity contribution in [3.05, 3.63) is 72.6 Å². The third kappa shape index (κ3) is 4.09. The monoisotopic (exact) mass is 411 g/mol. The molecule has 0 atom stereocenters. The molecule has 0 aliphatic heterocycles. The smallest absolute Gasteiger partial charge is 0.331 e. The minimum absolute atomic E-state index is 0.0228. The minimum atomic E-state index is -0.600. The van der Waals surface area contributed by atoms with Crippen molar-refractivity contribution in [3.63, 3.8) is 0 Å². The summed E-state index contributed by atoms with van der Waals surface area (Å²) in [7, 11) is 0. The lowest BCUT2D eigenvalue weighted by atomic mass is 9.97. The Morgan fingerprint density at radius 1 is 1.28 bits per heavy atom. The number of fused-ring (bicyclic) bond motifs is 3. The maximum absolute atomic E-state index is 12.5. The lowest BCUT2D eigenvalue weighted by Crippen LogP contribution is -2.14. The van der Waals surface area contributed by atoms with E-state index >= 15 is 0 Å². The van der Waals surface area contributed by atoms with Crippen LogP contribution in [0.25, 0.3) is 16.3 Å². The molecule has 0 saturated heterocycles. The number of carbonyl (C=O) groups excluding carboxylic acids is 1. The molecular formula is C20H17N3O5S. The van der Waals surface area contributed by atoms with E-state index in [1.807, 2.05) is 0 Å². The van der Waals surface area contributed by atoms with Crippen molar-refractivity contribution in [2.24, 2.45) is 0 Å². The molecule has 0 fully saturated rings. The third-order valence-corrected chi connectivity index (χ3v) is 5.93. The standard InChI is InChI=1S/C20H17N3O5S/c24-17(10-7-12-5-8-13(9-6-12)23(26)27)28-11-16-21-19(25)18-14-3-1-2-4-15(14)29-20(18)22-16/h5-10H,1-4,11H2,(H,21,22,25)/b10-7+. The van der Waals surface area contributed by atoms with Gasteiger partial charge in [0.1, 0.15) is 17.3 Å². The quantitative estimate of drug-likeness (QED) is 0.297. The van der Waals surface area contributed by atoms with E-state index in [1.54, 1.807) is 0 Å². The van der Waals surface area contributed by atoms with Crippen molar-refractivity contribution in [3.8, 4) is 0 Å². The average Bonchev–Trinajstić information content (AvgIpc) is 3.10. The largest absolute Gasteiger partial charge is 0.454 e. The molecule has 4 rings (SSSR count). The van der Waals surface area contributed by atoms with Crippen LogP contribution in [0.15, 0.2) is 35.1 Å². The Labute approximate surface area is 169 Å². The highest BCUT2D eigenvalue weighted by Gasteiger charge is 2.19. The number of rotatable bonds is 5. The van der Waals surface area contributed by atoms with E-state index < -0.39 is 10.9 Å². The molecule has 1 aromatic carbocycles. The third-order valence-electron chi connectivity index (χ3n) is 4.74. The Morgan fingerprint density at radius 2 is 2.03 bits per heavy atom. The highest BCUT2D eigenvalue weighted by atomic mass is 32.1. The number of benzene rings is 1. The normalized spacial score (nSPS) is 13.5. The molecule has 8 nitrogen and oxygen atoms in total. The van der Waals surface area contributed by atoms with Gasteiger partial charge in [0.15, 0.2) is 0 Å². The Bertz CT molecular complexity index is 1180. The predicted octanol–water partition coefficient (Wildman–Crippen LogP) is 3.53. The summed E-state index contributed by atoms with van der Waals surface area (Å²) in [5.41, 5.74) is 1.52. The Balaban J connectivity index is 1.43. The molecule has 29 heavy (non-hydrogen) atoms. The zero-order valence-electron chi connectivity index (χ0n) is 15.3. The first-order valence-corrected chi connectivity index (χ1v) is 9.95. The number of ether oxygens (including phenoxy) is 1. The summed E-state index contributed by atoms with van der Waals surface area (Å²) < 4.78 is 5.16. The molecule has 148 valence electrons. The molecule has 1 aliphatic carbocycles. The fraction of sp³-hybridized carbons (Fsp3) is 0.250. The fourth-order valence-corrected chi connectivity index (χ4v) is 4.62. The molecule has 0 bridgehead atoms. The van der Waals surface area contributed by atoms with Gasteiger partial charge in [-0.25, -0.2) is 9.78 Å². The number of nitrogens with zero attached hydrogens (tertiary/aromatic N) is 2. The van der Waals surface area contributed by atoms with E-state index in [9.17, 15) is 19.7 Å². The topological polar surface area (TPSA) is 115 Å². The first-order valence-electron chi connectivity index (χ1n) is 9.14. The molecule has 9 heteroatoms. The molecule has 0 unspecified atom stereocenters. The van der Waals surface area contributed by atoms with E-state index in [0.29, 0.717) is 21.6 Å². The van der Waals surface area contributed by atoms with Gasteiger partial charge in [0.25, 0.3) is 11.2 Å². The van der Waals surface area contributed by atoms with Crippen molar-refractivity contribution in [2.45, 2.75) is 32.3 Å². The summed E-state index contributed by atoms with van der Waals surface area (Å²) in [5, 5.41) is 11.3. The molecule has 1 N–H and O–H groups in total. The molecule has 0 amide bonds. The molecule has 0 radical (unpaired) electrons. The van der Waals surface area contributed by atoms with Crippen LogP contribution < -0.4 is 5.56 Å². The fourth-order valence-electron chi connectivity index (χ4n) is 3.34. The number of carbonyl (C=O) groups is 1. The van der Waals surface area contributed by atoms with Gasteiger partial charge in [-0.2, -0.15) is 0 Å². The highest BCUT2D eigenvalue weighted by molar-refractivity contribution is 7.18. The minimum Gasteiger partial charge on any atom is -0.454 e. The van der Waals surface area contributed by atoms with E-state index in [4.69, 9.17) is 4.74 Å². The lowest BCUT2D eigenvalue weighted by molar-refractivity contribution is -0.384. The lowest BCUT2D eigenvalue weighted by Gasteiger charge is -2.09. The van der Waals surface area contributed by atoms with Crippen LogP contribution >= 0.6 is 11.3 Å². The predicted molar refractivity (Wildman–Crippen MR) is 109 cm³/mol. The van der Waals surface area contributed by atoms with Crippen molar-refractivity contribution >= 4 is 39.3 Å². The number of H-pyrrole nitrogens is 1. The number of hydrogen-bond acceptors (Lipinski definition) is 7. The number of thiophene rings is 1. The second kappa shape index (κ2) is 7.96. The molecule has 1 aliphatic rings. The maximum atomic E-state index is 12.5. The van der Waals surface area contributed by atoms with Crippen molar-refractivity contribution < 1.29 is 14.5 Å². The van der Waals surface area contributed by atoms with Crippen LogP contribution in [0.4, 0.5) is 5.69 Å². The molecule has 2 heterocycles. The van der Waals surface area contributed by atoms with Crippen LogP contribution in [0.2, 0.25) is 0 Å². The van der Waals surface area contributed by atoms with E-state index in [1.165, 1.54) is 52.6 Å². The Morgan fingerprint density at radius 3 is 2.79 bits per heavy atom. The zero-order chi connectivity index (χ0) is 20.4. The number of aromatic nitrogens is 2. The van der Waals surface area contributed by atoms with Crippen molar-refractivity contribution in [2.75, 3.05) is 0 Å². The van der Waals surface area contributed by atoms with Gasteiger partial charge >= 0.3 is 5.97 Å². The zero-order valence-corrected chi connectivity index (χ0v) is 16.2. The van der Waals surface area contributed by atoms with Crippen LogP contribution in [-0.2, 0) is 29.0 Å². The van der Waals surface area contributed by atoms with Crippen LogP contribution in [-0.4, -0.2) is 20.9 Å². The van der Waals surface area contributed by atoms with E-state index in [2.05, 4.69) is 9.97 Å². The summed E-state index contributed by atoms with van der Waals surface area (Å²) in [6, 6.07) is 5.78. The Hall–Kier alpha value is -3.33. The first-order chi connectivity index (χ1) is 14.0. The number of aromatic amines is 1. The van der Waals surface area contributed by atoms with Gasteiger partial charge in [0.05, 0.1) is 10.3 Å². The van der Waals surface area contributed by atoms with Gasteiger partial charge in [-0.15, -0.1) is 11.3 Å².